The number of anilines is 2. The topological polar surface area (TPSA) is 62.3 Å². The lowest BCUT2D eigenvalue weighted by Crippen LogP contribution is -2.28. The van der Waals surface area contributed by atoms with E-state index >= 15 is 0 Å². The third-order valence-corrected chi connectivity index (χ3v) is 3.81. The molecular weight excluding hydrogens is 278 g/mol. The molecule has 0 spiro atoms. The fraction of sp³-hybridized carbons (Fsp3) is 0.235. The Morgan fingerprint density at radius 2 is 2.00 bits per heavy atom. The number of nitrogens with zero attached hydrogens (tertiary/aromatic N) is 2. The van der Waals surface area contributed by atoms with Crippen LogP contribution in [0.4, 0.5) is 11.5 Å². The van der Waals surface area contributed by atoms with Gasteiger partial charge in [-0.25, -0.2) is 4.98 Å². The number of hydrogen-bond acceptors (Lipinski definition) is 3. The van der Waals surface area contributed by atoms with Crippen molar-refractivity contribution in [2.45, 2.75) is 19.3 Å². The summed E-state index contributed by atoms with van der Waals surface area (Å²) in [6, 6.07) is 13.1. The van der Waals surface area contributed by atoms with Crippen LogP contribution in [0, 0.1) is 0 Å². The minimum absolute atomic E-state index is 0.0000780. The number of hydrogen-bond donors (Lipinski definition) is 1. The fourth-order valence-electron chi connectivity index (χ4n) is 2.82. The summed E-state index contributed by atoms with van der Waals surface area (Å²) in [5.74, 6) is 0.468. The van der Waals surface area contributed by atoms with Crippen molar-refractivity contribution in [2.24, 2.45) is 0 Å². The molecule has 0 saturated heterocycles. The van der Waals surface area contributed by atoms with Gasteiger partial charge in [0, 0.05) is 37.7 Å². The lowest BCUT2D eigenvalue weighted by molar-refractivity contribution is -0.118. The lowest BCUT2D eigenvalue weighted by Gasteiger charge is -2.15. The molecule has 0 fully saturated rings. The summed E-state index contributed by atoms with van der Waals surface area (Å²) < 4.78 is 0. The van der Waals surface area contributed by atoms with Gasteiger partial charge in [0.25, 0.3) is 0 Å². The van der Waals surface area contributed by atoms with Crippen LogP contribution in [0.1, 0.15) is 24.8 Å². The van der Waals surface area contributed by atoms with Gasteiger partial charge in [0.05, 0.1) is 0 Å². The summed E-state index contributed by atoms with van der Waals surface area (Å²) >= 11 is 0. The zero-order chi connectivity index (χ0) is 15.5. The summed E-state index contributed by atoms with van der Waals surface area (Å²) in [4.78, 5) is 29.8. The van der Waals surface area contributed by atoms with Crippen LogP contribution in [0.2, 0.25) is 0 Å². The van der Waals surface area contributed by atoms with Crippen LogP contribution in [-0.2, 0) is 9.59 Å². The van der Waals surface area contributed by atoms with Crippen molar-refractivity contribution in [1.82, 2.24) is 4.98 Å². The largest absolute Gasteiger partial charge is 0.312 e. The maximum atomic E-state index is 12.2. The van der Waals surface area contributed by atoms with Crippen LogP contribution in [0.3, 0.4) is 0 Å². The highest BCUT2D eigenvalue weighted by Crippen LogP contribution is 2.37. The number of nitrogens with one attached hydrogen (secondary N) is 1. The molecule has 2 aromatic rings. The van der Waals surface area contributed by atoms with Gasteiger partial charge in [-0.1, -0.05) is 24.3 Å². The van der Waals surface area contributed by atoms with Crippen molar-refractivity contribution < 1.29 is 9.59 Å². The standard InChI is InChI=1S/C17H17N3O2/c1-12(21)20-11-13(14-6-2-3-7-15(14)20)10-17(22)19-16-8-4-5-9-18-16/h2-9,13H,10-11H2,1H3,(H,18,19,22). The van der Waals surface area contributed by atoms with E-state index in [9.17, 15) is 9.59 Å². The van der Waals surface area contributed by atoms with Crippen LogP contribution in [-0.4, -0.2) is 23.3 Å². The molecule has 0 radical (unpaired) electrons. The minimum atomic E-state index is -0.0936. The Labute approximate surface area is 129 Å². The van der Waals surface area contributed by atoms with Crippen LogP contribution in [0.15, 0.2) is 48.7 Å². The van der Waals surface area contributed by atoms with E-state index in [-0.39, 0.29) is 17.7 Å². The molecule has 5 nitrogen and oxygen atoms in total. The number of fused-ring (bicyclic) bond motifs is 1. The lowest BCUT2D eigenvalue weighted by atomic mass is 9.97. The van der Waals surface area contributed by atoms with Gasteiger partial charge < -0.3 is 10.2 Å². The highest BCUT2D eigenvalue weighted by atomic mass is 16.2. The Kier molecular flexibility index (Phi) is 3.87. The first-order valence-corrected chi connectivity index (χ1v) is 7.23. The van der Waals surface area contributed by atoms with E-state index in [0.717, 1.165) is 11.3 Å². The van der Waals surface area contributed by atoms with Crippen molar-refractivity contribution >= 4 is 23.3 Å². The first kappa shape index (κ1) is 14.3. The van der Waals surface area contributed by atoms with E-state index < -0.39 is 0 Å². The van der Waals surface area contributed by atoms with Crippen LogP contribution in [0.5, 0.6) is 0 Å². The molecule has 0 saturated carbocycles. The molecule has 5 heteroatoms. The molecule has 22 heavy (non-hydrogen) atoms. The van der Waals surface area contributed by atoms with Crippen molar-refractivity contribution in [3.63, 3.8) is 0 Å². The van der Waals surface area contributed by atoms with Crippen molar-refractivity contribution in [2.75, 3.05) is 16.8 Å². The molecule has 1 N–H and O–H groups in total. The number of amides is 2. The summed E-state index contributed by atoms with van der Waals surface area (Å²) in [6.07, 6.45) is 1.97. The van der Waals surface area contributed by atoms with Gasteiger partial charge in [-0.3, -0.25) is 9.59 Å². The second-order valence-electron chi connectivity index (χ2n) is 5.35. The quantitative estimate of drug-likeness (QED) is 0.946. The summed E-state index contributed by atoms with van der Waals surface area (Å²) in [7, 11) is 0. The van der Waals surface area contributed by atoms with Gasteiger partial charge in [-0.05, 0) is 23.8 Å². The Morgan fingerprint density at radius 1 is 1.23 bits per heavy atom. The van der Waals surface area contributed by atoms with E-state index in [4.69, 9.17) is 0 Å². The number of carbonyl (C=O) groups is 2. The van der Waals surface area contributed by atoms with Crippen LogP contribution >= 0.6 is 0 Å². The molecule has 1 aromatic carbocycles. The second kappa shape index (κ2) is 5.97. The van der Waals surface area contributed by atoms with E-state index in [2.05, 4.69) is 10.3 Å². The predicted octanol–water partition coefficient (Wildman–Crippen LogP) is 2.56. The second-order valence-corrected chi connectivity index (χ2v) is 5.35. The zero-order valence-corrected chi connectivity index (χ0v) is 12.3. The molecule has 2 amide bonds. The van der Waals surface area contributed by atoms with Gasteiger partial charge in [0.1, 0.15) is 5.82 Å². The molecule has 0 bridgehead atoms. The first-order valence-electron chi connectivity index (χ1n) is 7.23. The molecule has 1 aliphatic heterocycles. The number of carbonyl (C=O) groups excluding carboxylic acids is 2. The molecule has 1 aromatic heterocycles. The van der Waals surface area contributed by atoms with E-state index in [1.165, 1.54) is 0 Å². The van der Waals surface area contributed by atoms with Gasteiger partial charge in [0.2, 0.25) is 11.8 Å². The monoisotopic (exact) mass is 295 g/mol. The number of pyridine rings is 1. The third-order valence-electron chi connectivity index (χ3n) is 3.81. The van der Waals surface area contributed by atoms with Crippen LogP contribution in [0.25, 0.3) is 0 Å². The van der Waals surface area contributed by atoms with Crippen molar-refractivity contribution in [3.05, 3.63) is 54.2 Å². The zero-order valence-electron chi connectivity index (χ0n) is 12.3. The third kappa shape index (κ3) is 2.83. The summed E-state index contributed by atoms with van der Waals surface area (Å²) in [5.41, 5.74) is 1.96. The molecule has 3 rings (SSSR count). The Hall–Kier alpha value is -2.69. The Bertz CT molecular complexity index is 700. The highest BCUT2D eigenvalue weighted by Gasteiger charge is 2.31. The number of benzene rings is 1. The van der Waals surface area contributed by atoms with E-state index in [0.29, 0.717) is 18.8 Å². The maximum absolute atomic E-state index is 12.2. The normalized spacial score (nSPS) is 16.2. The number of para-hydroxylation sites is 1. The van der Waals surface area contributed by atoms with Gasteiger partial charge in [0.15, 0.2) is 0 Å². The molecule has 2 heterocycles. The summed E-state index contributed by atoms with van der Waals surface area (Å²) in [6.45, 7) is 2.09. The van der Waals surface area contributed by atoms with Crippen molar-refractivity contribution in [1.29, 1.82) is 0 Å². The molecule has 1 aliphatic rings. The smallest absolute Gasteiger partial charge is 0.226 e. The van der Waals surface area contributed by atoms with Gasteiger partial charge in [-0.2, -0.15) is 0 Å². The van der Waals surface area contributed by atoms with Crippen LogP contribution < -0.4 is 10.2 Å². The average Bonchev–Trinajstić information content (AvgIpc) is 2.87. The number of aromatic nitrogens is 1. The van der Waals surface area contributed by atoms with E-state index in [1.54, 1.807) is 30.2 Å². The number of rotatable bonds is 3. The molecule has 1 unspecified atom stereocenters. The van der Waals surface area contributed by atoms with Gasteiger partial charge in [-0.15, -0.1) is 0 Å². The average molecular weight is 295 g/mol. The minimum Gasteiger partial charge on any atom is -0.312 e. The Morgan fingerprint density at radius 3 is 2.73 bits per heavy atom. The molecular formula is C17H17N3O2. The fourth-order valence-corrected chi connectivity index (χ4v) is 2.82. The maximum Gasteiger partial charge on any atom is 0.226 e. The molecule has 112 valence electrons. The van der Waals surface area contributed by atoms with Gasteiger partial charge >= 0.3 is 0 Å². The molecule has 1 atom stereocenters. The van der Waals surface area contributed by atoms with E-state index in [1.807, 2.05) is 30.3 Å². The highest BCUT2D eigenvalue weighted by molar-refractivity contribution is 5.96. The predicted molar refractivity (Wildman–Crippen MR) is 84.7 cm³/mol. The Balaban J connectivity index is 1.73. The van der Waals surface area contributed by atoms with Crippen molar-refractivity contribution in [3.8, 4) is 0 Å². The SMILES string of the molecule is CC(=O)N1CC(CC(=O)Nc2ccccn2)c2ccccc21. The summed E-state index contributed by atoms with van der Waals surface area (Å²) in [5, 5.41) is 2.79. The first-order chi connectivity index (χ1) is 10.6. The molecule has 0 aliphatic carbocycles.